The zero-order chi connectivity index (χ0) is 22.3. The number of carbonyl (C=O) groups is 1. The van der Waals surface area contributed by atoms with Crippen LogP contribution in [-0.4, -0.2) is 61.0 Å². The third kappa shape index (κ3) is 4.74. The van der Waals surface area contributed by atoms with Crippen LogP contribution in [0.3, 0.4) is 0 Å². The number of amides is 1. The summed E-state index contributed by atoms with van der Waals surface area (Å²) in [4.78, 5) is 18.4. The summed E-state index contributed by atoms with van der Waals surface area (Å²) in [5, 5.41) is 3.84. The smallest absolute Gasteiger partial charge is 0.425 e. The predicted octanol–water partition coefficient (Wildman–Crippen LogP) is 2.74. The number of sulfone groups is 1. The van der Waals surface area contributed by atoms with Crippen molar-refractivity contribution in [2.45, 2.75) is 43.4 Å². The average Bonchev–Trinajstić information content (AvgIpc) is 3.28. The molecule has 3 rings (SSSR count). The van der Waals surface area contributed by atoms with Gasteiger partial charge in [0.25, 0.3) is 5.91 Å². The summed E-state index contributed by atoms with van der Waals surface area (Å²) in [5.41, 5.74) is -0.251. The molecule has 0 bridgehead atoms. The maximum atomic E-state index is 13.1. The van der Waals surface area contributed by atoms with Crippen LogP contribution in [0.2, 0.25) is 0 Å². The second kappa shape index (κ2) is 7.89. The Morgan fingerprint density at radius 3 is 2.63 bits per heavy atom. The fourth-order valence-electron chi connectivity index (χ4n) is 3.07. The molecule has 2 atom stereocenters. The van der Waals surface area contributed by atoms with Crippen molar-refractivity contribution in [2.24, 2.45) is 0 Å². The summed E-state index contributed by atoms with van der Waals surface area (Å²) < 4.78 is 72.5. The quantitative estimate of drug-likeness (QED) is 0.694. The van der Waals surface area contributed by atoms with Gasteiger partial charge in [-0.3, -0.25) is 4.79 Å². The van der Waals surface area contributed by atoms with Crippen molar-refractivity contribution in [1.29, 1.82) is 0 Å². The Morgan fingerprint density at radius 2 is 2.07 bits per heavy atom. The van der Waals surface area contributed by atoms with E-state index in [9.17, 15) is 26.4 Å². The van der Waals surface area contributed by atoms with Gasteiger partial charge in [-0.2, -0.15) is 18.2 Å². The maximum absolute atomic E-state index is 13.1. The minimum Gasteiger partial charge on any atom is -0.480 e. The van der Waals surface area contributed by atoms with E-state index in [4.69, 9.17) is 9.26 Å². The third-order valence-corrected chi connectivity index (χ3v) is 5.87. The number of aryl methyl sites for hydroxylation is 1. The van der Waals surface area contributed by atoms with Crippen molar-refractivity contribution in [3.8, 4) is 5.75 Å². The first-order valence-corrected chi connectivity index (χ1v) is 10.9. The normalized spacial score (nSPS) is 18.5. The molecule has 2 aromatic rings. The van der Waals surface area contributed by atoms with Crippen LogP contribution in [0.4, 0.5) is 13.2 Å². The Hall–Kier alpha value is -2.63. The summed E-state index contributed by atoms with van der Waals surface area (Å²) in [5.74, 6) is -0.339. The molecule has 1 fully saturated rings. The van der Waals surface area contributed by atoms with Crippen LogP contribution in [0, 0.1) is 6.92 Å². The summed E-state index contributed by atoms with van der Waals surface area (Å²) in [6.07, 6.45) is -5.35. The van der Waals surface area contributed by atoms with Crippen LogP contribution < -0.4 is 4.74 Å². The molecule has 164 valence electrons. The predicted molar refractivity (Wildman–Crippen MR) is 98.0 cm³/mol. The van der Waals surface area contributed by atoms with E-state index in [1.807, 2.05) is 0 Å². The van der Waals surface area contributed by atoms with Gasteiger partial charge in [-0.25, -0.2) is 8.42 Å². The number of rotatable bonds is 5. The first kappa shape index (κ1) is 22.1. The summed E-state index contributed by atoms with van der Waals surface area (Å²) in [6, 6.07) is 3.23. The number of aromatic nitrogens is 2. The summed E-state index contributed by atoms with van der Waals surface area (Å²) in [7, 11) is -3.69. The number of hydrogen-bond donors (Lipinski definition) is 0. The lowest BCUT2D eigenvalue weighted by atomic mass is 10.1. The molecule has 12 heteroatoms. The SMILES string of the molecule is Cc1nc(C2CCN(C(=O)c3cc(S(C)(=O)=O)ccc3O[C@@H](C)C(F)(F)F)C2)no1. The molecule has 0 aliphatic carbocycles. The highest BCUT2D eigenvalue weighted by atomic mass is 32.2. The van der Waals surface area contributed by atoms with Crippen molar-refractivity contribution in [1.82, 2.24) is 15.0 Å². The fraction of sp³-hybridized carbons (Fsp3) is 0.500. The Balaban J connectivity index is 1.90. The van der Waals surface area contributed by atoms with Crippen molar-refractivity contribution in [3.63, 3.8) is 0 Å². The zero-order valence-electron chi connectivity index (χ0n) is 16.4. The number of likely N-dealkylation sites (tertiary alicyclic amines) is 1. The molecule has 1 amide bonds. The Labute approximate surface area is 170 Å². The zero-order valence-corrected chi connectivity index (χ0v) is 17.2. The lowest BCUT2D eigenvalue weighted by Crippen LogP contribution is -2.33. The van der Waals surface area contributed by atoms with E-state index in [1.165, 1.54) is 4.90 Å². The molecule has 1 saturated heterocycles. The van der Waals surface area contributed by atoms with Crippen LogP contribution >= 0.6 is 0 Å². The number of ether oxygens (including phenoxy) is 1. The molecule has 0 N–H and O–H groups in total. The highest BCUT2D eigenvalue weighted by Crippen LogP contribution is 2.32. The number of carbonyl (C=O) groups excluding carboxylic acids is 1. The molecule has 1 aromatic heterocycles. The topological polar surface area (TPSA) is 103 Å². The molecular formula is C18H20F3N3O5S. The van der Waals surface area contributed by atoms with E-state index >= 15 is 0 Å². The van der Waals surface area contributed by atoms with Gasteiger partial charge < -0.3 is 14.2 Å². The minimum atomic E-state index is -4.65. The molecule has 30 heavy (non-hydrogen) atoms. The van der Waals surface area contributed by atoms with Gasteiger partial charge in [-0.05, 0) is 31.5 Å². The molecule has 0 spiro atoms. The van der Waals surface area contributed by atoms with Crippen LogP contribution in [0.15, 0.2) is 27.6 Å². The van der Waals surface area contributed by atoms with Crippen LogP contribution in [0.25, 0.3) is 0 Å². The number of benzene rings is 1. The van der Waals surface area contributed by atoms with E-state index in [0.29, 0.717) is 24.7 Å². The molecule has 1 aliphatic heterocycles. The standard InChI is InChI=1S/C18H20F3N3O5S/c1-10(18(19,20)21)28-15-5-4-13(30(3,26)27)8-14(15)17(25)24-7-6-12(9-24)16-22-11(2)29-23-16/h4-5,8,10,12H,6-7,9H2,1-3H3/t10-,12?/m0/s1. The second-order valence-corrected chi connectivity index (χ2v) is 9.16. The number of alkyl halides is 3. The number of hydrogen-bond acceptors (Lipinski definition) is 7. The van der Waals surface area contributed by atoms with Crippen molar-refractivity contribution < 1.29 is 35.6 Å². The monoisotopic (exact) mass is 447 g/mol. The fourth-order valence-corrected chi connectivity index (χ4v) is 3.72. The lowest BCUT2D eigenvalue weighted by molar-refractivity contribution is -0.189. The van der Waals surface area contributed by atoms with Gasteiger partial charge in [0, 0.05) is 32.2 Å². The molecule has 2 heterocycles. The Bertz CT molecular complexity index is 1050. The average molecular weight is 447 g/mol. The Morgan fingerprint density at radius 1 is 1.37 bits per heavy atom. The van der Waals surface area contributed by atoms with Gasteiger partial charge in [0.05, 0.1) is 10.5 Å². The van der Waals surface area contributed by atoms with Crippen molar-refractivity contribution in [3.05, 3.63) is 35.5 Å². The van der Waals surface area contributed by atoms with Crippen LogP contribution in [-0.2, 0) is 9.84 Å². The van der Waals surface area contributed by atoms with Gasteiger partial charge >= 0.3 is 6.18 Å². The highest BCUT2D eigenvalue weighted by Gasteiger charge is 2.39. The number of nitrogens with zero attached hydrogens (tertiary/aromatic N) is 3. The van der Waals surface area contributed by atoms with Gasteiger partial charge in [0.2, 0.25) is 5.89 Å². The van der Waals surface area contributed by atoms with E-state index in [-0.39, 0.29) is 28.7 Å². The lowest BCUT2D eigenvalue weighted by Gasteiger charge is -2.22. The van der Waals surface area contributed by atoms with E-state index in [1.54, 1.807) is 6.92 Å². The molecule has 0 radical (unpaired) electrons. The summed E-state index contributed by atoms with van der Waals surface area (Å²) >= 11 is 0. The van der Waals surface area contributed by atoms with Gasteiger partial charge in [0.15, 0.2) is 21.8 Å². The van der Waals surface area contributed by atoms with Crippen LogP contribution in [0.5, 0.6) is 5.75 Å². The maximum Gasteiger partial charge on any atom is 0.425 e. The minimum absolute atomic E-state index is 0.192. The molecule has 1 unspecified atom stereocenters. The van der Waals surface area contributed by atoms with E-state index in [0.717, 1.165) is 31.4 Å². The van der Waals surface area contributed by atoms with E-state index in [2.05, 4.69) is 10.1 Å². The molecular weight excluding hydrogens is 427 g/mol. The van der Waals surface area contributed by atoms with Gasteiger partial charge in [-0.1, -0.05) is 5.16 Å². The molecule has 0 saturated carbocycles. The van der Waals surface area contributed by atoms with Gasteiger partial charge in [-0.15, -0.1) is 0 Å². The first-order chi connectivity index (χ1) is 13.9. The largest absolute Gasteiger partial charge is 0.480 e. The van der Waals surface area contributed by atoms with Crippen LogP contribution in [0.1, 0.15) is 41.3 Å². The van der Waals surface area contributed by atoms with Gasteiger partial charge in [0.1, 0.15) is 5.75 Å². The highest BCUT2D eigenvalue weighted by molar-refractivity contribution is 7.90. The summed E-state index contributed by atoms with van der Waals surface area (Å²) in [6.45, 7) is 2.96. The first-order valence-electron chi connectivity index (χ1n) is 9.03. The second-order valence-electron chi connectivity index (χ2n) is 7.14. The third-order valence-electron chi connectivity index (χ3n) is 4.76. The van der Waals surface area contributed by atoms with E-state index < -0.39 is 28.0 Å². The Kier molecular flexibility index (Phi) is 5.81. The molecule has 1 aromatic carbocycles. The molecule has 1 aliphatic rings. The van der Waals surface area contributed by atoms with Crippen molar-refractivity contribution >= 4 is 15.7 Å². The molecule has 8 nitrogen and oxygen atoms in total. The van der Waals surface area contributed by atoms with Crippen molar-refractivity contribution in [2.75, 3.05) is 19.3 Å². The number of halogens is 3.